The van der Waals surface area contributed by atoms with Gasteiger partial charge in [-0.1, -0.05) is 13.8 Å². The zero-order valence-electron chi connectivity index (χ0n) is 8.16. The third kappa shape index (κ3) is 3.03. The maximum Gasteiger partial charge on any atom is 0.181 e. The Kier molecular flexibility index (Phi) is 2.88. The van der Waals surface area contributed by atoms with E-state index in [0.717, 1.165) is 6.54 Å². The van der Waals surface area contributed by atoms with Crippen molar-refractivity contribution in [3.8, 4) is 0 Å². The number of rotatable bonds is 3. The molecule has 0 spiro atoms. The number of pyridine rings is 1. The zero-order chi connectivity index (χ0) is 9.90. The minimum Gasteiger partial charge on any atom is -0.353 e. The van der Waals surface area contributed by atoms with Gasteiger partial charge >= 0.3 is 0 Å². The lowest BCUT2D eigenvalue weighted by molar-refractivity contribution is 0.316. The summed E-state index contributed by atoms with van der Waals surface area (Å²) in [7, 11) is 0. The SMILES string of the molecule is CC(C)(CN)Cn1ccc(=O)cc1. The van der Waals surface area contributed by atoms with Crippen molar-refractivity contribution in [1.82, 2.24) is 4.57 Å². The average Bonchev–Trinajstić information content (AvgIpc) is 2.09. The van der Waals surface area contributed by atoms with Gasteiger partial charge < -0.3 is 10.3 Å². The van der Waals surface area contributed by atoms with Crippen LogP contribution in [0.15, 0.2) is 29.3 Å². The molecule has 0 atom stereocenters. The Labute approximate surface area is 78.2 Å². The van der Waals surface area contributed by atoms with Gasteiger partial charge in [-0.05, 0) is 12.0 Å². The summed E-state index contributed by atoms with van der Waals surface area (Å²) >= 11 is 0. The highest BCUT2D eigenvalue weighted by atomic mass is 16.1. The number of nitrogens with two attached hydrogens (primary N) is 1. The summed E-state index contributed by atoms with van der Waals surface area (Å²) in [4.78, 5) is 10.8. The first-order valence-corrected chi connectivity index (χ1v) is 4.40. The Morgan fingerprint density at radius 1 is 1.38 bits per heavy atom. The highest BCUT2D eigenvalue weighted by molar-refractivity contribution is 4.94. The molecule has 2 N–H and O–H groups in total. The van der Waals surface area contributed by atoms with Gasteiger partial charge in [0.1, 0.15) is 0 Å². The molecule has 0 unspecified atom stereocenters. The second-order valence-electron chi connectivity index (χ2n) is 4.07. The molecule has 3 nitrogen and oxygen atoms in total. The molecular formula is C10H16N2O. The van der Waals surface area contributed by atoms with E-state index in [-0.39, 0.29) is 10.8 Å². The first-order valence-electron chi connectivity index (χ1n) is 4.40. The molecule has 0 amide bonds. The van der Waals surface area contributed by atoms with Crippen molar-refractivity contribution in [1.29, 1.82) is 0 Å². The van der Waals surface area contributed by atoms with Gasteiger partial charge in [0.05, 0.1) is 0 Å². The van der Waals surface area contributed by atoms with E-state index in [4.69, 9.17) is 5.73 Å². The summed E-state index contributed by atoms with van der Waals surface area (Å²) in [5, 5.41) is 0. The monoisotopic (exact) mass is 180 g/mol. The minimum atomic E-state index is 0.0433. The van der Waals surface area contributed by atoms with Crippen molar-refractivity contribution >= 4 is 0 Å². The fourth-order valence-electron chi connectivity index (χ4n) is 1.11. The summed E-state index contributed by atoms with van der Waals surface area (Å²) in [6.07, 6.45) is 3.58. The molecule has 3 heteroatoms. The summed E-state index contributed by atoms with van der Waals surface area (Å²) in [5.41, 5.74) is 5.73. The molecule has 1 aromatic rings. The van der Waals surface area contributed by atoms with E-state index in [9.17, 15) is 4.79 Å². The van der Waals surface area contributed by atoms with E-state index in [1.165, 1.54) is 0 Å². The number of nitrogens with zero attached hydrogens (tertiary/aromatic N) is 1. The molecule has 72 valence electrons. The van der Waals surface area contributed by atoms with E-state index >= 15 is 0 Å². The van der Waals surface area contributed by atoms with Crippen molar-refractivity contribution in [2.24, 2.45) is 11.1 Å². The summed E-state index contributed by atoms with van der Waals surface area (Å²) in [5.74, 6) is 0. The highest BCUT2D eigenvalue weighted by Gasteiger charge is 2.14. The molecule has 0 fully saturated rings. The molecule has 0 saturated heterocycles. The largest absolute Gasteiger partial charge is 0.353 e. The van der Waals surface area contributed by atoms with Crippen molar-refractivity contribution in [2.45, 2.75) is 20.4 Å². The van der Waals surface area contributed by atoms with Crippen LogP contribution in [0.4, 0.5) is 0 Å². The number of aromatic nitrogens is 1. The van der Waals surface area contributed by atoms with Gasteiger partial charge in [-0.2, -0.15) is 0 Å². The van der Waals surface area contributed by atoms with Crippen LogP contribution in [0.1, 0.15) is 13.8 Å². The Morgan fingerprint density at radius 2 is 1.92 bits per heavy atom. The van der Waals surface area contributed by atoms with Crippen LogP contribution in [0.5, 0.6) is 0 Å². The van der Waals surface area contributed by atoms with Gasteiger partial charge in [0, 0.05) is 31.1 Å². The molecule has 1 heterocycles. The Hall–Kier alpha value is -1.09. The second kappa shape index (κ2) is 3.75. The van der Waals surface area contributed by atoms with Crippen LogP contribution in [0.2, 0.25) is 0 Å². The smallest absolute Gasteiger partial charge is 0.181 e. The minimum absolute atomic E-state index is 0.0433. The normalized spacial score (nSPS) is 11.6. The van der Waals surface area contributed by atoms with E-state index in [1.54, 1.807) is 24.5 Å². The van der Waals surface area contributed by atoms with Gasteiger partial charge in [0.2, 0.25) is 0 Å². The Morgan fingerprint density at radius 3 is 2.38 bits per heavy atom. The van der Waals surface area contributed by atoms with Crippen molar-refractivity contribution in [2.75, 3.05) is 6.54 Å². The van der Waals surface area contributed by atoms with Gasteiger partial charge in [-0.25, -0.2) is 0 Å². The molecule has 1 aromatic heterocycles. The first kappa shape index (κ1) is 9.99. The Balaban J connectivity index is 2.75. The molecule has 0 saturated carbocycles. The lowest BCUT2D eigenvalue weighted by Gasteiger charge is -2.23. The fourth-order valence-corrected chi connectivity index (χ4v) is 1.11. The third-order valence-electron chi connectivity index (χ3n) is 2.02. The summed E-state index contributed by atoms with van der Waals surface area (Å²) in [6.45, 7) is 5.68. The van der Waals surface area contributed by atoms with E-state index < -0.39 is 0 Å². The molecule has 0 aliphatic heterocycles. The van der Waals surface area contributed by atoms with Crippen LogP contribution in [0, 0.1) is 5.41 Å². The fraction of sp³-hybridized carbons (Fsp3) is 0.500. The number of hydrogen-bond acceptors (Lipinski definition) is 2. The van der Waals surface area contributed by atoms with Crippen molar-refractivity contribution < 1.29 is 0 Å². The van der Waals surface area contributed by atoms with Crippen molar-refractivity contribution in [3.05, 3.63) is 34.7 Å². The molecule has 0 aliphatic carbocycles. The quantitative estimate of drug-likeness (QED) is 0.749. The van der Waals surface area contributed by atoms with Gasteiger partial charge in [0.15, 0.2) is 5.43 Å². The predicted octanol–water partition coefficient (Wildman–Crippen LogP) is 0.833. The maximum atomic E-state index is 10.8. The number of hydrogen-bond donors (Lipinski definition) is 1. The maximum absolute atomic E-state index is 10.8. The van der Waals surface area contributed by atoms with Crippen LogP contribution in [0.3, 0.4) is 0 Å². The topological polar surface area (TPSA) is 48.0 Å². The summed E-state index contributed by atoms with van der Waals surface area (Å²) < 4.78 is 1.98. The molecule has 0 bridgehead atoms. The predicted molar refractivity (Wildman–Crippen MR) is 53.5 cm³/mol. The zero-order valence-corrected chi connectivity index (χ0v) is 8.16. The Bertz CT molecular complexity index is 307. The molecule has 13 heavy (non-hydrogen) atoms. The average molecular weight is 180 g/mol. The van der Waals surface area contributed by atoms with Crippen molar-refractivity contribution in [3.63, 3.8) is 0 Å². The van der Waals surface area contributed by atoms with Gasteiger partial charge in [-0.15, -0.1) is 0 Å². The van der Waals surface area contributed by atoms with Gasteiger partial charge in [0.25, 0.3) is 0 Å². The van der Waals surface area contributed by atoms with Crippen LogP contribution >= 0.6 is 0 Å². The molecule has 0 aromatic carbocycles. The molecule has 1 rings (SSSR count). The molecule has 0 radical (unpaired) electrons. The lowest BCUT2D eigenvalue weighted by Crippen LogP contribution is -2.28. The van der Waals surface area contributed by atoms with Crippen LogP contribution in [0.25, 0.3) is 0 Å². The highest BCUT2D eigenvalue weighted by Crippen LogP contribution is 2.14. The molecule has 0 aliphatic rings. The standard InChI is InChI=1S/C10H16N2O/c1-10(2,7-11)8-12-5-3-9(13)4-6-12/h3-6H,7-8,11H2,1-2H3. The second-order valence-corrected chi connectivity index (χ2v) is 4.07. The third-order valence-corrected chi connectivity index (χ3v) is 2.02. The summed E-state index contributed by atoms with van der Waals surface area (Å²) in [6, 6.07) is 3.12. The molecular weight excluding hydrogens is 164 g/mol. The van der Waals surface area contributed by atoms with E-state index in [1.807, 2.05) is 4.57 Å². The van der Waals surface area contributed by atoms with Crippen LogP contribution in [-0.4, -0.2) is 11.1 Å². The van der Waals surface area contributed by atoms with Crippen LogP contribution < -0.4 is 11.2 Å². The van der Waals surface area contributed by atoms with Gasteiger partial charge in [-0.3, -0.25) is 4.79 Å². The first-order chi connectivity index (χ1) is 6.03. The van der Waals surface area contributed by atoms with E-state index in [0.29, 0.717) is 6.54 Å². The van der Waals surface area contributed by atoms with Crippen LogP contribution in [-0.2, 0) is 6.54 Å². The lowest BCUT2D eigenvalue weighted by atomic mass is 9.94. The van der Waals surface area contributed by atoms with E-state index in [2.05, 4.69) is 13.8 Å².